The minimum absolute atomic E-state index is 0.0737. The molecule has 0 fully saturated rings. The Labute approximate surface area is 299 Å². The number of aliphatic carboxylic acids is 2. The summed E-state index contributed by atoms with van der Waals surface area (Å²) < 4.78 is 10.2. The van der Waals surface area contributed by atoms with Gasteiger partial charge in [-0.05, 0) is 42.7 Å². The fourth-order valence-corrected chi connectivity index (χ4v) is 4.90. The summed E-state index contributed by atoms with van der Waals surface area (Å²) >= 11 is 2.69. The molecule has 4 heterocycles. The van der Waals surface area contributed by atoms with E-state index < -0.39 is 49.9 Å². The van der Waals surface area contributed by atoms with Gasteiger partial charge in [0.1, 0.15) is 6.61 Å². The summed E-state index contributed by atoms with van der Waals surface area (Å²) in [5.41, 5.74) is 0.128. The Morgan fingerprint density at radius 3 is 1.58 bits per heavy atom. The van der Waals surface area contributed by atoms with Gasteiger partial charge in [-0.25, -0.2) is 0 Å². The van der Waals surface area contributed by atoms with Gasteiger partial charge in [0.15, 0.2) is 11.4 Å². The molecule has 7 N–H and O–H groups in total. The molecule has 4 rings (SSSR count). The van der Waals surface area contributed by atoms with Crippen LogP contribution in [0.4, 0.5) is 0 Å². The Kier molecular flexibility index (Phi) is 25.1. The van der Waals surface area contributed by atoms with Crippen molar-refractivity contribution in [1.29, 1.82) is 0 Å². The van der Waals surface area contributed by atoms with Crippen molar-refractivity contribution in [2.24, 2.45) is 10.3 Å². The van der Waals surface area contributed by atoms with Crippen molar-refractivity contribution in [1.82, 2.24) is 10.6 Å². The maximum atomic E-state index is 12.4. The van der Waals surface area contributed by atoms with E-state index in [1.165, 1.54) is 22.7 Å². The molecule has 50 heavy (non-hydrogen) atoms. The molecule has 0 saturated carbocycles. The van der Waals surface area contributed by atoms with Crippen molar-refractivity contribution in [3.63, 3.8) is 0 Å². The molecule has 20 heteroatoms. The van der Waals surface area contributed by atoms with Gasteiger partial charge in [-0.2, -0.15) is 0 Å². The zero-order valence-corrected chi connectivity index (χ0v) is 30.1. The minimum atomic E-state index is -1.08. The number of carboxylic acid groups (broad SMARTS) is 2. The Morgan fingerprint density at radius 2 is 1.22 bits per heavy atom. The van der Waals surface area contributed by atoms with E-state index in [2.05, 4.69) is 20.9 Å². The predicted molar refractivity (Wildman–Crippen MR) is 192 cm³/mol. The van der Waals surface area contributed by atoms with E-state index in [-0.39, 0.29) is 11.4 Å². The van der Waals surface area contributed by atoms with Crippen molar-refractivity contribution >= 4 is 72.1 Å². The Balaban J connectivity index is 0.000000762. The fraction of sp³-hybridized carbons (Fsp3) is 0.400. The summed E-state index contributed by atoms with van der Waals surface area (Å²) in [5.74, 6) is -3.69. The maximum Gasteiger partial charge on any atom is 0.478 e. The number of carboxylic acids is 2. The Hall–Kier alpha value is -4.33. The van der Waals surface area contributed by atoms with Crippen LogP contribution < -0.4 is 10.6 Å². The lowest BCUT2D eigenvalue weighted by Crippen LogP contribution is -2.49. The second-order valence-corrected chi connectivity index (χ2v) is 11.2. The third kappa shape index (κ3) is 19.6. The predicted octanol–water partition coefficient (Wildman–Crippen LogP) is 2.59. The van der Waals surface area contributed by atoms with Gasteiger partial charge in [0.05, 0.1) is 21.6 Å². The molecule has 2 aromatic rings. The topological polar surface area (TPSA) is 246 Å². The summed E-state index contributed by atoms with van der Waals surface area (Å²) in [6, 6.07) is 7.06. The largest absolute Gasteiger partial charge is 0.481 e. The first-order valence-corrected chi connectivity index (χ1v) is 17.1. The van der Waals surface area contributed by atoms with Crippen LogP contribution in [0.15, 0.2) is 69.6 Å². The van der Waals surface area contributed by atoms with E-state index in [0.29, 0.717) is 42.4 Å². The molecule has 2 amide bonds. The summed E-state index contributed by atoms with van der Waals surface area (Å²) in [6.45, 7) is 8.97. The van der Waals surface area contributed by atoms with Crippen LogP contribution in [0.3, 0.4) is 0 Å². The van der Waals surface area contributed by atoms with Gasteiger partial charge in [0, 0.05) is 27.1 Å². The highest BCUT2D eigenvalue weighted by molar-refractivity contribution is 7.13. The van der Waals surface area contributed by atoms with E-state index in [1.807, 2.05) is 43.5 Å². The third-order valence-corrected chi connectivity index (χ3v) is 7.24. The van der Waals surface area contributed by atoms with E-state index in [4.69, 9.17) is 39.2 Å². The molecule has 2 aliphatic rings. The quantitative estimate of drug-likeness (QED) is 0.0680. The first-order valence-electron chi connectivity index (χ1n) is 15.3. The smallest absolute Gasteiger partial charge is 0.478 e. The van der Waals surface area contributed by atoms with Crippen LogP contribution in [0, 0.1) is 0 Å². The molecular formula is C30H44B2N4O12S2. The van der Waals surface area contributed by atoms with Gasteiger partial charge in [-0.3, -0.25) is 19.2 Å². The summed E-state index contributed by atoms with van der Waals surface area (Å²) in [5, 5.41) is 59.2. The van der Waals surface area contributed by atoms with Gasteiger partial charge in [0.2, 0.25) is 0 Å². The van der Waals surface area contributed by atoms with Gasteiger partial charge in [0.25, 0.3) is 23.8 Å². The second kappa shape index (κ2) is 27.5. The standard InChI is InChI=1S/C13H17BN2O4S.C11H13BN2O4S.2C2H4O2.C2H6/c1-2-20-16-12(10-6-5-9-21-10)13(17)15-11-7-3-4-8-19-14(11)18;15-11(10(14-17)8-4-3-7-19-8)13-9-5-1-2-6-18-12(9)16;2*1-2(3)4;1-2/h3-6,9,11,18H,2,7-8H2,1H3,(H,15,17);1-4,7,9,16-17H,5-6H2,(H,13,15);2*1H3,(H,3,4);1-2H3/b16-12-;14-10-;;;. The number of thiophene rings is 2. The Bertz CT molecular complexity index is 1370. The number of carbonyl (C=O) groups excluding carboxylic acids is 2. The third-order valence-electron chi connectivity index (χ3n) is 5.49. The number of amides is 2. The van der Waals surface area contributed by atoms with Crippen LogP contribution in [0.5, 0.6) is 0 Å². The van der Waals surface area contributed by atoms with Crippen molar-refractivity contribution in [2.75, 3.05) is 19.8 Å². The van der Waals surface area contributed by atoms with Crippen LogP contribution in [-0.4, -0.2) is 107 Å². The van der Waals surface area contributed by atoms with Crippen LogP contribution >= 0.6 is 22.7 Å². The average Bonchev–Trinajstić information content (AvgIpc) is 3.72. The zero-order chi connectivity index (χ0) is 37.9. The summed E-state index contributed by atoms with van der Waals surface area (Å²) in [4.78, 5) is 48.7. The van der Waals surface area contributed by atoms with Crippen LogP contribution in [0.2, 0.25) is 0 Å². The van der Waals surface area contributed by atoms with Crippen LogP contribution in [0.1, 0.15) is 57.2 Å². The van der Waals surface area contributed by atoms with Crippen molar-refractivity contribution in [3.05, 3.63) is 69.1 Å². The molecule has 2 atom stereocenters. The van der Waals surface area contributed by atoms with Gasteiger partial charge >= 0.3 is 14.2 Å². The molecule has 0 saturated heterocycles. The molecule has 274 valence electrons. The van der Waals surface area contributed by atoms with Gasteiger partial charge in [-0.1, -0.05) is 60.6 Å². The van der Waals surface area contributed by atoms with Gasteiger partial charge in [-0.15, -0.1) is 22.7 Å². The van der Waals surface area contributed by atoms with Gasteiger partial charge < -0.3 is 50.2 Å². The highest BCUT2D eigenvalue weighted by Crippen LogP contribution is 2.13. The lowest BCUT2D eigenvalue weighted by molar-refractivity contribution is -0.135. The van der Waals surface area contributed by atoms with Crippen molar-refractivity contribution < 1.29 is 58.8 Å². The van der Waals surface area contributed by atoms with E-state index in [1.54, 1.807) is 36.6 Å². The Morgan fingerprint density at radius 1 is 0.820 bits per heavy atom. The molecule has 16 nitrogen and oxygen atoms in total. The highest BCUT2D eigenvalue weighted by Gasteiger charge is 2.31. The SMILES string of the molecule is CC.CC(=O)O.CC(=O)O.CCO/N=C(\C(=O)NC1CC=CCOB1O)c1cccs1.O=C(NC1CC=CCOB1O)/C(=N\O)c1cccs1. The lowest BCUT2D eigenvalue weighted by atomic mass is 9.77. The summed E-state index contributed by atoms with van der Waals surface area (Å²) in [7, 11) is -2.12. The van der Waals surface area contributed by atoms with E-state index >= 15 is 0 Å². The van der Waals surface area contributed by atoms with Crippen molar-refractivity contribution in [2.45, 2.75) is 59.3 Å². The molecule has 0 aromatic carbocycles. The number of hydrogen-bond donors (Lipinski definition) is 7. The highest BCUT2D eigenvalue weighted by atomic mass is 32.1. The molecular weight excluding hydrogens is 694 g/mol. The maximum absolute atomic E-state index is 12.4. The molecule has 2 aliphatic heterocycles. The van der Waals surface area contributed by atoms with Crippen LogP contribution in [-0.2, 0) is 33.3 Å². The van der Waals surface area contributed by atoms with Crippen LogP contribution in [0.25, 0.3) is 0 Å². The van der Waals surface area contributed by atoms with E-state index in [0.717, 1.165) is 13.8 Å². The number of nitrogens with one attached hydrogen (secondary N) is 2. The molecule has 0 radical (unpaired) electrons. The monoisotopic (exact) mass is 738 g/mol. The number of rotatable bonds is 8. The average molecular weight is 738 g/mol. The molecule has 0 spiro atoms. The summed E-state index contributed by atoms with van der Waals surface area (Å²) in [6.07, 6.45) is 8.22. The second-order valence-electron chi connectivity index (χ2n) is 9.32. The number of hydrogen-bond acceptors (Lipinski definition) is 14. The molecule has 0 aliphatic carbocycles. The zero-order valence-electron chi connectivity index (χ0n) is 28.4. The number of nitrogens with zero attached hydrogens (tertiary/aromatic N) is 2. The molecule has 2 aromatic heterocycles. The number of carbonyl (C=O) groups is 4. The minimum Gasteiger partial charge on any atom is -0.481 e. The normalized spacial score (nSPS) is 16.9. The molecule has 0 bridgehead atoms. The number of oxime groups is 2. The first-order chi connectivity index (χ1) is 23.9. The molecule has 2 unspecified atom stereocenters. The first kappa shape index (κ1) is 45.7. The fourth-order valence-electron chi connectivity index (χ4n) is 3.49. The van der Waals surface area contributed by atoms with Crippen molar-refractivity contribution in [3.8, 4) is 0 Å². The lowest BCUT2D eigenvalue weighted by Gasteiger charge is -2.17. The van der Waals surface area contributed by atoms with E-state index in [9.17, 15) is 19.6 Å².